The van der Waals surface area contributed by atoms with Gasteiger partial charge < -0.3 is 15.8 Å². The Kier molecular flexibility index (Phi) is 5.14. The van der Waals surface area contributed by atoms with E-state index in [9.17, 15) is 0 Å². The fourth-order valence-electron chi connectivity index (χ4n) is 1.86. The van der Waals surface area contributed by atoms with Gasteiger partial charge in [-0.25, -0.2) is 4.98 Å². The second kappa shape index (κ2) is 6.85. The Morgan fingerprint density at radius 2 is 2.20 bits per heavy atom. The number of ether oxygens (including phenoxy) is 1. The van der Waals surface area contributed by atoms with Gasteiger partial charge in [-0.2, -0.15) is 4.98 Å². The summed E-state index contributed by atoms with van der Waals surface area (Å²) < 4.78 is 5.55. The fourth-order valence-corrected chi connectivity index (χ4v) is 2.83. The van der Waals surface area contributed by atoms with Crippen molar-refractivity contribution in [3.63, 3.8) is 0 Å². The van der Waals surface area contributed by atoms with E-state index in [1.807, 2.05) is 0 Å². The minimum absolute atomic E-state index is 0.313. The zero-order valence-electron chi connectivity index (χ0n) is 12.3. The highest BCUT2D eigenvalue weighted by molar-refractivity contribution is 7.18. The van der Waals surface area contributed by atoms with Crippen LogP contribution in [0.15, 0.2) is 6.07 Å². The Morgan fingerprint density at radius 1 is 1.40 bits per heavy atom. The Labute approximate surface area is 123 Å². The molecule has 0 saturated carbocycles. The number of nitrogens with two attached hydrogens (primary N) is 1. The summed E-state index contributed by atoms with van der Waals surface area (Å²) in [5.74, 6) is 1.67. The molecule has 2 heterocycles. The van der Waals surface area contributed by atoms with E-state index in [1.54, 1.807) is 11.3 Å². The van der Waals surface area contributed by atoms with Gasteiger partial charge in [-0.1, -0.05) is 20.8 Å². The van der Waals surface area contributed by atoms with Gasteiger partial charge in [0, 0.05) is 18.0 Å². The molecule has 2 aromatic rings. The standard InChI is InChI=1S/C14H22N4OS/c1-4-10-7-11-12(16-5-6-19-8-9(2)3)17-14(15)18-13(11)20-10/h7,9H,4-6,8H2,1-3H3,(H3,15,16,17,18). The third kappa shape index (κ3) is 3.80. The van der Waals surface area contributed by atoms with E-state index in [2.05, 4.69) is 42.1 Å². The zero-order chi connectivity index (χ0) is 14.5. The van der Waals surface area contributed by atoms with Crippen LogP contribution in [0, 0.1) is 5.92 Å². The molecular formula is C14H22N4OS. The van der Waals surface area contributed by atoms with E-state index in [0.29, 0.717) is 18.5 Å². The van der Waals surface area contributed by atoms with Crippen molar-refractivity contribution in [2.45, 2.75) is 27.2 Å². The summed E-state index contributed by atoms with van der Waals surface area (Å²) in [6.45, 7) is 8.57. The first-order valence-electron chi connectivity index (χ1n) is 6.97. The first-order chi connectivity index (χ1) is 9.60. The Morgan fingerprint density at radius 3 is 2.90 bits per heavy atom. The molecule has 0 saturated heterocycles. The highest BCUT2D eigenvalue weighted by Crippen LogP contribution is 2.29. The molecule has 6 heteroatoms. The number of aromatic nitrogens is 2. The van der Waals surface area contributed by atoms with Crippen molar-refractivity contribution < 1.29 is 4.74 Å². The molecule has 0 radical (unpaired) electrons. The molecule has 0 atom stereocenters. The Hall–Kier alpha value is -1.40. The topological polar surface area (TPSA) is 73.1 Å². The van der Waals surface area contributed by atoms with Crippen LogP contribution in [-0.2, 0) is 11.2 Å². The second-order valence-corrected chi connectivity index (χ2v) is 6.23. The van der Waals surface area contributed by atoms with Gasteiger partial charge >= 0.3 is 0 Å². The summed E-state index contributed by atoms with van der Waals surface area (Å²) in [6.07, 6.45) is 0.998. The van der Waals surface area contributed by atoms with Gasteiger partial charge in [-0.15, -0.1) is 11.3 Å². The van der Waals surface area contributed by atoms with Crippen LogP contribution in [0.5, 0.6) is 0 Å². The highest BCUT2D eigenvalue weighted by Gasteiger charge is 2.09. The number of rotatable bonds is 7. The maximum absolute atomic E-state index is 5.76. The monoisotopic (exact) mass is 294 g/mol. The number of thiophene rings is 1. The van der Waals surface area contributed by atoms with Crippen LogP contribution in [-0.4, -0.2) is 29.7 Å². The lowest BCUT2D eigenvalue weighted by Gasteiger charge is -2.09. The number of nitrogens with one attached hydrogen (secondary N) is 1. The highest BCUT2D eigenvalue weighted by atomic mass is 32.1. The van der Waals surface area contributed by atoms with E-state index < -0.39 is 0 Å². The van der Waals surface area contributed by atoms with Gasteiger partial charge in [0.1, 0.15) is 10.6 Å². The van der Waals surface area contributed by atoms with Crippen LogP contribution >= 0.6 is 11.3 Å². The van der Waals surface area contributed by atoms with Crippen LogP contribution in [0.1, 0.15) is 25.6 Å². The van der Waals surface area contributed by atoms with Crippen LogP contribution in [0.25, 0.3) is 10.2 Å². The predicted molar refractivity (Wildman–Crippen MR) is 85.4 cm³/mol. The van der Waals surface area contributed by atoms with Gasteiger partial charge in [0.05, 0.1) is 12.0 Å². The molecule has 0 fully saturated rings. The number of nitrogens with zero attached hydrogens (tertiary/aromatic N) is 2. The summed E-state index contributed by atoms with van der Waals surface area (Å²) in [5, 5.41) is 4.34. The van der Waals surface area contributed by atoms with E-state index in [1.165, 1.54) is 4.88 Å². The lowest BCUT2D eigenvalue weighted by molar-refractivity contribution is 0.118. The third-order valence-electron chi connectivity index (χ3n) is 2.80. The number of anilines is 2. The van der Waals surface area contributed by atoms with Crippen molar-refractivity contribution in [3.8, 4) is 0 Å². The van der Waals surface area contributed by atoms with Gasteiger partial charge in [-0.3, -0.25) is 0 Å². The molecule has 5 nitrogen and oxygen atoms in total. The lowest BCUT2D eigenvalue weighted by atomic mass is 10.2. The van der Waals surface area contributed by atoms with E-state index in [4.69, 9.17) is 10.5 Å². The molecule has 0 amide bonds. The third-order valence-corrected chi connectivity index (χ3v) is 3.97. The Balaban J connectivity index is 2.03. The Bertz CT molecular complexity index is 568. The average molecular weight is 294 g/mol. The minimum atomic E-state index is 0.313. The second-order valence-electron chi connectivity index (χ2n) is 5.11. The molecule has 2 rings (SSSR count). The molecule has 20 heavy (non-hydrogen) atoms. The van der Waals surface area contributed by atoms with E-state index in [-0.39, 0.29) is 0 Å². The molecule has 0 unspecified atom stereocenters. The number of nitrogen functional groups attached to an aromatic ring is 1. The maximum Gasteiger partial charge on any atom is 0.223 e. The molecular weight excluding hydrogens is 272 g/mol. The molecule has 0 aromatic carbocycles. The van der Waals surface area contributed by atoms with Crippen LogP contribution in [0.3, 0.4) is 0 Å². The quantitative estimate of drug-likeness (QED) is 0.768. The van der Waals surface area contributed by atoms with Crippen molar-refractivity contribution in [1.29, 1.82) is 0 Å². The number of hydrogen-bond donors (Lipinski definition) is 2. The minimum Gasteiger partial charge on any atom is -0.379 e. The van der Waals surface area contributed by atoms with Crippen LogP contribution < -0.4 is 11.1 Å². The fraction of sp³-hybridized carbons (Fsp3) is 0.571. The largest absolute Gasteiger partial charge is 0.379 e. The SMILES string of the molecule is CCc1cc2c(NCCOCC(C)C)nc(N)nc2s1. The normalized spacial score (nSPS) is 11.4. The number of hydrogen-bond acceptors (Lipinski definition) is 6. The molecule has 2 aromatic heterocycles. The smallest absolute Gasteiger partial charge is 0.223 e. The van der Waals surface area contributed by atoms with E-state index >= 15 is 0 Å². The van der Waals surface area contributed by atoms with Gasteiger partial charge in [0.2, 0.25) is 5.95 Å². The van der Waals surface area contributed by atoms with Crippen molar-refractivity contribution >= 4 is 33.3 Å². The summed E-state index contributed by atoms with van der Waals surface area (Å²) in [7, 11) is 0. The van der Waals surface area contributed by atoms with Crippen molar-refractivity contribution in [2.24, 2.45) is 5.92 Å². The van der Waals surface area contributed by atoms with Gasteiger partial charge in [-0.05, 0) is 18.4 Å². The average Bonchev–Trinajstić information content (AvgIpc) is 2.80. The van der Waals surface area contributed by atoms with E-state index in [0.717, 1.165) is 35.6 Å². The maximum atomic E-state index is 5.76. The molecule has 3 N–H and O–H groups in total. The van der Waals surface area contributed by atoms with Gasteiger partial charge in [0.25, 0.3) is 0 Å². The number of aryl methyl sites for hydroxylation is 1. The van der Waals surface area contributed by atoms with Crippen LogP contribution in [0.4, 0.5) is 11.8 Å². The molecule has 0 aliphatic carbocycles. The predicted octanol–water partition coefficient (Wildman–Crippen LogP) is 2.92. The molecule has 0 bridgehead atoms. The summed E-state index contributed by atoms with van der Waals surface area (Å²) in [6, 6.07) is 2.14. The summed E-state index contributed by atoms with van der Waals surface area (Å²) >= 11 is 1.67. The molecule has 110 valence electrons. The molecule has 0 aliphatic rings. The first-order valence-corrected chi connectivity index (χ1v) is 7.79. The summed E-state index contributed by atoms with van der Waals surface area (Å²) in [5.41, 5.74) is 5.76. The molecule has 0 spiro atoms. The van der Waals surface area contributed by atoms with Crippen molar-refractivity contribution in [1.82, 2.24) is 9.97 Å². The zero-order valence-corrected chi connectivity index (χ0v) is 13.1. The lowest BCUT2D eigenvalue weighted by Crippen LogP contribution is -2.13. The van der Waals surface area contributed by atoms with Crippen molar-refractivity contribution in [3.05, 3.63) is 10.9 Å². The van der Waals surface area contributed by atoms with Crippen molar-refractivity contribution in [2.75, 3.05) is 30.8 Å². The first kappa shape index (κ1) is 15.0. The molecule has 0 aliphatic heterocycles. The van der Waals surface area contributed by atoms with Gasteiger partial charge in [0.15, 0.2) is 0 Å². The van der Waals surface area contributed by atoms with Crippen LogP contribution in [0.2, 0.25) is 0 Å². The summed E-state index contributed by atoms with van der Waals surface area (Å²) in [4.78, 5) is 10.8. The number of fused-ring (bicyclic) bond motifs is 1.